The van der Waals surface area contributed by atoms with E-state index in [1.165, 1.54) is 40.7 Å². The Labute approximate surface area is 241 Å². The van der Waals surface area contributed by atoms with Crippen LogP contribution in [0.25, 0.3) is 0 Å². The maximum Gasteiger partial charge on any atom is 0.317 e. The van der Waals surface area contributed by atoms with E-state index in [0.29, 0.717) is 38.4 Å². The molecule has 3 aromatic rings. The lowest BCUT2D eigenvalue weighted by Crippen LogP contribution is -2.21. The molecule has 0 aromatic heterocycles. The summed E-state index contributed by atoms with van der Waals surface area (Å²) in [7, 11) is 5.69. The smallest absolute Gasteiger partial charge is 0.317 e. The van der Waals surface area contributed by atoms with E-state index in [1.54, 1.807) is 24.3 Å². The van der Waals surface area contributed by atoms with Gasteiger partial charge >= 0.3 is 11.7 Å². The van der Waals surface area contributed by atoms with E-state index in [-0.39, 0.29) is 11.4 Å². The average molecular weight is 631 g/mol. The number of hydrogen-bond donors (Lipinski definition) is 1. The van der Waals surface area contributed by atoms with Crippen molar-refractivity contribution in [3.63, 3.8) is 0 Å². The number of fused-ring (bicyclic) bond motifs is 1. The Morgan fingerprint density at radius 1 is 0.976 bits per heavy atom. The Bertz CT molecular complexity index is 1560. The lowest BCUT2D eigenvalue weighted by molar-refractivity contribution is -0.393. The van der Waals surface area contributed by atoms with Crippen LogP contribution in [0.3, 0.4) is 0 Å². The van der Waals surface area contributed by atoms with Gasteiger partial charge in [-0.05, 0) is 30.3 Å². The Morgan fingerprint density at radius 3 is 2.27 bits per heavy atom. The van der Waals surface area contributed by atoms with Crippen LogP contribution in [0.5, 0.6) is 23.0 Å². The molecule has 4 rings (SSSR count). The first-order chi connectivity index (χ1) is 19.6. The quantitative estimate of drug-likeness (QED) is 0.136. The maximum absolute atomic E-state index is 13.2. The second-order valence-electron chi connectivity index (χ2n) is 8.45. The van der Waals surface area contributed by atoms with Gasteiger partial charge in [-0.2, -0.15) is 5.10 Å². The van der Waals surface area contributed by atoms with Gasteiger partial charge in [-0.3, -0.25) is 30.4 Å². The van der Waals surface area contributed by atoms with Gasteiger partial charge in [0.05, 0.1) is 50.6 Å². The van der Waals surface area contributed by atoms with Gasteiger partial charge in [-0.25, -0.2) is 0 Å². The Hall–Kier alpha value is -4.92. The first-order valence-electron chi connectivity index (χ1n) is 11.7. The summed E-state index contributed by atoms with van der Waals surface area (Å²) in [6.07, 6.45) is 0.466. The first kappa shape index (κ1) is 29.1. The number of methoxy groups -OCH3 is 4. The highest BCUT2D eigenvalue weighted by Crippen LogP contribution is 2.54. The lowest BCUT2D eigenvalue weighted by atomic mass is 9.88. The largest absolute Gasteiger partial charge is 0.493 e. The molecule has 1 N–H and O–H groups in total. The molecule has 0 amide bonds. The minimum atomic E-state index is -0.977. The van der Waals surface area contributed by atoms with Crippen LogP contribution in [-0.2, 0) is 9.53 Å². The molecular weight excluding hydrogens is 608 g/mol. The molecule has 15 heteroatoms. The highest BCUT2D eigenvalue weighted by atomic mass is 79.9. The third-order valence-electron chi connectivity index (χ3n) is 6.31. The van der Waals surface area contributed by atoms with E-state index < -0.39 is 39.2 Å². The van der Waals surface area contributed by atoms with Crippen molar-refractivity contribution in [2.45, 2.75) is 12.0 Å². The van der Waals surface area contributed by atoms with E-state index in [1.807, 2.05) is 0 Å². The number of rotatable bonds is 10. The fourth-order valence-corrected chi connectivity index (χ4v) is 4.95. The lowest BCUT2D eigenvalue weighted by Gasteiger charge is -2.21. The van der Waals surface area contributed by atoms with Crippen molar-refractivity contribution < 1.29 is 38.3 Å². The van der Waals surface area contributed by atoms with Crippen LogP contribution in [0.4, 0.5) is 17.1 Å². The fraction of sp³-hybridized carbons (Fsp3) is 0.231. The zero-order valence-electron chi connectivity index (χ0n) is 22.1. The van der Waals surface area contributed by atoms with E-state index in [0.717, 1.165) is 12.1 Å². The monoisotopic (exact) mass is 630 g/mol. The molecule has 214 valence electrons. The van der Waals surface area contributed by atoms with Gasteiger partial charge in [0.15, 0.2) is 23.0 Å². The number of hydrazone groups is 1. The standard InChI is InChI=1S/C26H23BrN4O10/c1-37-19-8-5-13(12-28-29-17-7-6-14(30(33)34)9-18(17)31(35)36)22-23(26(32)40-4)24(41-25(19)22)15-10-20(38-2)21(39-3)11-16(15)27/h5-12,23-24,29H,1-4H3. The van der Waals surface area contributed by atoms with Gasteiger partial charge in [-0.15, -0.1) is 0 Å². The number of hydrogen-bond acceptors (Lipinski definition) is 12. The Morgan fingerprint density at radius 2 is 1.66 bits per heavy atom. The third-order valence-corrected chi connectivity index (χ3v) is 7.00. The van der Waals surface area contributed by atoms with Crippen LogP contribution in [-0.4, -0.2) is 50.5 Å². The average Bonchev–Trinajstić information content (AvgIpc) is 3.37. The molecule has 0 spiro atoms. The fourth-order valence-electron chi connectivity index (χ4n) is 4.41. The van der Waals surface area contributed by atoms with Crippen LogP contribution in [0.2, 0.25) is 0 Å². The van der Waals surface area contributed by atoms with Crippen LogP contribution in [0.1, 0.15) is 28.7 Å². The summed E-state index contributed by atoms with van der Waals surface area (Å²) in [6, 6.07) is 9.75. The molecule has 41 heavy (non-hydrogen) atoms. The molecule has 0 fully saturated rings. The first-order valence-corrected chi connectivity index (χ1v) is 12.5. The molecule has 2 atom stereocenters. The van der Waals surface area contributed by atoms with E-state index in [2.05, 4.69) is 26.5 Å². The molecule has 1 aliphatic heterocycles. The van der Waals surface area contributed by atoms with E-state index in [4.69, 9.17) is 23.7 Å². The number of carbonyl (C=O) groups excluding carboxylic acids is 1. The van der Waals surface area contributed by atoms with Crippen LogP contribution in [0, 0.1) is 20.2 Å². The summed E-state index contributed by atoms with van der Waals surface area (Å²) in [5.74, 6) is -0.0717. The van der Waals surface area contributed by atoms with Crippen molar-refractivity contribution in [2.24, 2.45) is 5.10 Å². The molecule has 14 nitrogen and oxygen atoms in total. The highest BCUT2D eigenvalue weighted by molar-refractivity contribution is 9.10. The van der Waals surface area contributed by atoms with Gasteiger partial charge in [0.25, 0.3) is 5.69 Å². The number of nitrogens with one attached hydrogen (secondary N) is 1. The summed E-state index contributed by atoms with van der Waals surface area (Å²) < 4.78 is 28.3. The van der Waals surface area contributed by atoms with Crippen LogP contribution >= 0.6 is 15.9 Å². The van der Waals surface area contributed by atoms with Crippen molar-refractivity contribution in [3.8, 4) is 23.0 Å². The number of nitrogens with zero attached hydrogens (tertiary/aromatic N) is 3. The maximum atomic E-state index is 13.2. The Balaban J connectivity index is 1.78. The minimum Gasteiger partial charge on any atom is -0.493 e. The topological polar surface area (TPSA) is 174 Å². The number of nitro groups is 2. The van der Waals surface area contributed by atoms with E-state index >= 15 is 0 Å². The number of non-ortho nitro benzene ring substituents is 1. The molecule has 0 aliphatic carbocycles. The predicted octanol–water partition coefficient (Wildman–Crippen LogP) is 5.13. The number of benzene rings is 3. The summed E-state index contributed by atoms with van der Waals surface area (Å²) in [4.78, 5) is 34.2. The van der Waals surface area contributed by atoms with Gasteiger partial charge in [0, 0.05) is 27.2 Å². The molecule has 2 unspecified atom stereocenters. The summed E-state index contributed by atoms with van der Waals surface area (Å²) in [5.41, 5.74) is 2.90. The van der Waals surface area contributed by atoms with Gasteiger partial charge in [-0.1, -0.05) is 15.9 Å². The van der Waals surface area contributed by atoms with Gasteiger partial charge in [0.2, 0.25) is 0 Å². The summed E-state index contributed by atoms with van der Waals surface area (Å²) >= 11 is 3.53. The van der Waals surface area contributed by atoms with Crippen molar-refractivity contribution in [2.75, 3.05) is 33.9 Å². The number of ether oxygens (including phenoxy) is 5. The highest BCUT2D eigenvalue weighted by Gasteiger charge is 2.45. The molecule has 0 bridgehead atoms. The molecule has 3 aromatic carbocycles. The number of esters is 1. The van der Waals surface area contributed by atoms with Crippen molar-refractivity contribution in [1.82, 2.24) is 0 Å². The van der Waals surface area contributed by atoms with Gasteiger partial charge in [0.1, 0.15) is 17.7 Å². The Kier molecular flexibility index (Phi) is 8.56. The molecule has 0 radical (unpaired) electrons. The number of halogens is 1. The minimum absolute atomic E-state index is 0.0742. The molecular formula is C26H23BrN4O10. The van der Waals surface area contributed by atoms with Crippen LogP contribution in [0.15, 0.2) is 52.0 Å². The molecule has 1 heterocycles. The second kappa shape index (κ2) is 12.1. The number of nitro benzene ring substituents is 2. The zero-order chi connectivity index (χ0) is 29.8. The molecule has 0 saturated carbocycles. The summed E-state index contributed by atoms with van der Waals surface area (Å²) in [6.45, 7) is 0. The second-order valence-corrected chi connectivity index (χ2v) is 9.31. The third kappa shape index (κ3) is 5.56. The van der Waals surface area contributed by atoms with Crippen molar-refractivity contribution >= 4 is 45.2 Å². The SMILES string of the molecule is COC(=O)C1c2c(C=NNc3ccc([N+](=O)[O-])cc3[N+](=O)[O-])ccc(OC)c2OC1c1cc(OC)c(OC)cc1Br. The van der Waals surface area contributed by atoms with E-state index in [9.17, 15) is 25.0 Å². The number of anilines is 1. The molecule has 1 aliphatic rings. The normalized spacial score (nSPS) is 15.5. The van der Waals surface area contributed by atoms with Crippen molar-refractivity contribution in [1.29, 1.82) is 0 Å². The molecule has 0 saturated heterocycles. The van der Waals surface area contributed by atoms with Gasteiger partial charge < -0.3 is 23.7 Å². The van der Waals surface area contributed by atoms with Crippen molar-refractivity contribution in [3.05, 3.63) is 83.9 Å². The summed E-state index contributed by atoms with van der Waals surface area (Å²) in [5, 5.41) is 26.6. The van der Waals surface area contributed by atoms with Crippen LogP contribution < -0.4 is 24.4 Å². The number of carbonyl (C=O) groups is 1. The predicted molar refractivity (Wildman–Crippen MR) is 149 cm³/mol. The zero-order valence-corrected chi connectivity index (χ0v) is 23.7.